The van der Waals surface area contributed by atoms with Gasteiger partial charge in [-0.05, 0) is 42.5 Å². The Morgan fingerprint density at radius 1 is 1.19 bits per heavy atom. The van der Waals surface area contributed by atoms with Gasteiger partial charge < -0.3 is 10.6 Å². The van der Waals surface area contributed by atoms with Crippen molar-refractivity contribution in [3.63, 3.8) is 0 Å². The fourth-order valence-corrected chi connectivity index (χ4v) is 4.16. The number of anilines is 1. The van der Waals surface area contributed by atoms with Gasteiger partial charge in [-0.15, -0.1) is 16.4 Å². The van der Waals surface area contributed by atoms with Crippen LogP contribution in [-0.2, 0) is 4.79 Å². The largest absolute Gasteiger partial charge is 0.353 e. The second kappa shape index (κ2) is 7.87. The van der Waals surface area contributed by atoms with Gasteiger partial charge in [0, 0.05) is 16.6 Å². The van der Waals surface area contributed by atoms with Gasteiger partial charge in [-0.1, -0.05) is 24.5 Å². The van der Waals surface area contributed by atoms with Gasteiger partial charge >= 0.3 is 0 Å². The highest BCUT2D eigenvalue weighted by Gasteiger charge is 2.20. The van der Waals surface area contributed by atoms with E-state index >= 15 is 0 Å². The van der Waals surface area contributed by atoms with E-state index in [1.54, 1.807) is 18.2 Å². The predicted octanol–water partition coefficient (Wildman–Crippen LogP) is 3.27. The van der Waals surface area contributed by atoms with Crippen LogP contribution in [0.15, 0.2) is 29.6 Å². The molecule has 1 saturated carbocycles. The highest BCUT2D eigenvalue weighted by molar-refractivity contribution is 7.10. The third-order valence-corrected chi connectivity index (χ3v) is 5.60. The van der Waals surface area contributed by atoms with E-state index in [2.05, 4.69) is 26.0 Å². The second-order valence-corrected chi connectivity index (χ2v) is 7.63. The molecule has 0 spiro atoms. The molecule has 4 rings (SSSR count). The van der Waals surface area contributed by atoms with E-state index in [4.69, 9.17) is 0 Å². The Morgan fingerprint density at radius 2 is 2.04 bits per heavy atom. The van der Waals surface area contributed by atoms with Crippen molar-refractivity contribution in [2.24, 2.45) is 0 Å². The van der Waals surface area contributed by atoms with Crippen molar-refractivity contribution in [1.29, 1.82) is 0 Å². The lowest BCUT2D eigenvalue weighted by Crippen LogP contribution is -2.36. The minimum absolute atomic E-state index is 0.137. The lowest BCUT2D eigenvalue weighted by molar-refractivity contribution is -0.118. The van der Waals surface area contributed by atoms with Gasteiger partial charge in [0.1, 0.15) is 5.52 Å². The minimum atomic E-state index is -0.254. The molecule has 3 aromatic rings. The number of H-pyrrole nitrogens is 1. The van der Waals surface area contributed by atoms with E-state index in [-0.39, 0.29) is 17.9 Å². The van der Waals surface area contributed by atoms with Gasteiger partial charge in [-0.25, -0.2) is 0 Å². The number of fused-ring (bicyclic) bond motifs is 1. The van der Waals surface area contributed by atoms with Gasteiger partial charge in [0.05, 0.1) is 17.5 Å². The van der Waals surface area contributed by atoms with Crippen LogP contribution in [0.4, 0.5) is 5.69 Å². The van der Waals surface area contributed by atoms with Gasteiger partial charge in [0.15, 0.2) is 0 Å². The van der Waals surface area contributed by atoms with E-state index in [0.717, 1.165) is 31.2 Å². The van der Waals surface area contributed by atoms with Gasteiger partial charge in [0.2, 0.25) is 5.91 Å². The molecule has 0 saturated heterocycles. The number of hydrogen-bond acceptors (Lipinski definition) is 5. The van der Waals surface area contributed by atoms with E-state index in [1.807, 2.05) is 11.4 Å². The number of aromatic amines is 1. The molecule has 1 aliphatic carbocycles. The maximum absolute atomic E-state index is 12.6. The monoisotopic (exact) mass is 382 g/mol. The Kier molecular flexibility index (Phi) is 5.15. The summed E-state index contributed by atoms with van der Waals surface area (Å²) in [6, 6.07) is 7.32. The summed E-state index contributed by atoms with van der Waals surface area (Å²) >= 11 is 1.38. The van der Waals surface area contributed by atoms with Crippen molar-refractivity contribution in [3.05, 3.63) is 46.5 Å². The summed E-state index contributed by atoms with van der Waals surface area (Å²) in [7, 11) is 0. The average molecular weight is 382 g/mol. The topological polar surface area (TPSA) is 99.8 Å². The molecule has 0 unspecified atom stereocenters. The van der Waals surface area contributed by atoms with Crippen LogP contribution in [0, 0.1) is 6.42 Å². The Bertz CT molecular complexity index is 958. The van der Waals surface area contributed by atoms with Crippen LogP contribution < -0.4 is 10.6 Å². The zero-order valence-corrected chi connectivity index (χ0v) is 15.5. The molecule has 1 radical (unpaired) electrons. The van der Waals surface area contributed by atoms with Crippen LogP contribution in [0.5, 0.6) is 0 Å². The molecule has 1 fully saturated rings. The third kappa shape index (κ3) is 4.16. The average Bonchev–Trinajstić information content (AvgIpc) is 3.31. The van der Waals surface area contributed by atoms with Crippen molar-refractivity contribution in [3.8, 4) is 0 Å². The molecule has 3 N–H and O–H groups in total. The normalized spacial score (nSPS) is 15.0. The van der Waals surface area contributed by atoms with Crippen LogP contribution in [0.2, 0.25) is 0 Å². The number of thiophene rings is 1. The SMILES string of the molecule is O=C([CH]c1sccc1C(=O)Nc1ccc2[nH]nnc2c1)NC1CCCCC1. The molecular formula is C19H20N5O2S. The van der Waals surface area contributed by atoms with Crippen LogP contribution in [-0.4, -0.2) is 33.3 Å². The van der Waals surface area contributed by atoms with E-state index in [1.165, 1.54) is 24.2 Å². The minimum Gasteiger partial charge on any atom is -0.353 e. The Labute approximate surface area is 160 Å². The zero-order chi connectivity index (χ0) is 18.6. The van der Waals surface area contributed by atoms with E-state index in [0.29, 0.717) is 21.6 Å². The maximum atomic E-state index is 12.6. The molecule has 1 aromatic carbocycles. The summed E-state index contributed by atoms with van der Waals surface area (Å²) in [6.45, 7) is 0. The molecule has 2 amide bonds. The van der Waals surface area contributed by atoms with E-state index in [9.17, 15) is 9.59 Å². The highest BCUT2D eigenvalue weighted by atomic mass is 32.1. The quantitative estimate of drug-likeness (QED) is 0.630. The Hall–Kier alpha value is -2.74. The van der Waals surface area contributed by atoms with Crippen molar-refractivity contribution < 1.29 is 9.59 Å². The number of aromatic nitrogens is 3. The van der Waals surface area contributed by atoms with Gasteiger partial charge in [0.25, 0.3) is 5.91 Å². The standard InChI is InChI=1S/C19H20N5O2S/c25-18(20-12-4-2-1-3-5-12)11-17-14(8-9-27-17)19(26)21-13-6-7-15-16(10-13)23-24-22-15/h6-12H,1-5H2,(H,20,25)(H,21,26)(H,22,23,24). The Balaban J connectivity index is 1.41. The summed E-state index contributed by atoms with van der Waals surface area (Å²) in [6.07, 6.45) is 7.14. The molecule has 0 atom stereocenters. The molecule has 0 aliphatic heterocycles. The molecule has 8 heteroatoms. The van der Waals surface area contributed by atoms with Gasteiger partial charge in [-0.2, -0.15) is 0 Å². The molecule has 2 aromatic heterocycles. The fraction of sp³-hybridized carbons (Fsp3) is 0.316. The van der Waals surface area contributed by atoms with Crippen LogP contribution in [0.3, 0.4) is 0 Å². The van der Waals surface area contributed by atoms with Crippen molar-refractivity contribution in [2.75, 3.05) is 5.32 Å². The van der Waals surface area contributed by atoms with Crippen molar-refractivity contribution in [1.82, 2.24) is 20.7 Å². The number of nitrogens with zero attached hydrogens (tertiary/aromatic N) is 2. The predicted molar refractivity (Wildman–Crippen MR) is 105 cm³/mol. The van der Waals surface area contributed by atoms with E-state index < -0.39 is 0 Å². The lowest BCUT2D eigenvalue weighted by atomic mass is 9.95. The molecule has 27 heavy (non-hydrogen) atoms. The summed E-state index contributed by atoms with van der Waals surface area (Å²) in [5.41, 5.74) is 2.60. The third-order valence-electron chi connectivity index (χ3n) is 4.74. The van der Waals surface area contributed by atoms with Crippen molar-refractivity contribution in [2.45, 2.75) is 38.1 Å². The highest BCUT2D eigenvalue weighted by Crippen LogP contribution is 2.23. The maximum Gasteiger partial charge on any atom is 0.256 e. The molecule has 139 valence electrons. The number of amides is 2. The molecule has 0 bridgehead atoms. The summed E-state index contributed by atoms with van der Waals surface area (Å²) in [5, 5.41) is 18.2. The first kappa shape index (κ1) is 17.7. The fourth-order valence-electron chi connectivity index (χ4n) is 3.35. The summed E-state index contributed by atoms with van der Waals surface area (Å²) < 4.78 is 0. The molecule has 2 heterocycles. The first-order valence-corrected chi connectivity index (χ1v) is 9.92. The number of carbonyl (C=O) groups is 2. The second-order valence-electron chi connectivity index (χ2n) is 6.68. The van der Waals surface area contributed by atoms with Gasteiger partial charge in [-0.3, -0.25) is 14.7 Å². The van der Waals surface area contributed by atoms with Crippen LogP contribution >= 0.6 is 11.3 Å². The summed E-state index contributed by atoms with van der Waals surface area (Å²) in [4.78, 5) is 25.6. The molecule has 1 aliphatic rings. The lowest BCUT2D eigenvalue weighted by Gasteiger charge is -2.22. The number of nitrogens with one attached hydrogen (secondary N) is 3. The van der Waals surface area contributed by atoms with Crippen molar-refractivity contribution >= 4 is 39.9 Å². The molecular weight excluding hydrogens is 362 g/mol. The summed E-state index contributed by atoms with van der Waals surface area (Å²) in [5.74, 6) is -0.391. The number of rotatable bonds is 5. The number of hydrogen-bond donors (Lipinski definition) is 3. The van der Waals surface area contributed by atoms with Crippen LogP contribution in [0.1, 0.15) is 47.3 Å². The zero-order valence-electron chi connectivity index (χ0n) is 14.7. The Morgan fingerprint density at radius 3 is 2.89 bits per heavy atom. The number of carbonyl (C=O) groups excluding carboxylic acids is 2. The molecule has 7 nitrogen and oxygen atoms in total. The first-order valence-electron chi connectivity index (χ1n) is 9.04. The smallest absolute Gasteiger partial charge is 0.256 e. The van der Waals surface area contributed by atoms with Crippen LogP contribution in [0.25, 0.3) is 11.0 Å². The first-order chi connectivity index (χ1) is 13.2. The number of benzene rings is 1.